The molecule has 0 radical (unpaired) electrons. The van der Waals surface area contributed by atoms with Crippen LogP contribution in [0.15, 0.2) is 91.0 Å². The Hall–Kier alpha value is -3.72. The van der Waals surface area contributed by atoms with Crippen LogP contribution in [0.1, 0.15) is 38.9 Å². The molecular weight excluding hydrogens is 533 g/mol. The Kier molecular flexibility index (Phi) is 7.32. The fourth-order valence-electron chi connectivity index (χ4n) is 5.85. The van der Waals surface area contributed by atoms with Crippen molar-refractivity contribution in [2.75, 3.05) is 0 Å². The van der Waals surface area contributed by atoms with Crippen molar-refractivity contribution in [2.24, 2.45) is 0 Å². The van der Waals surface area contributed by atoms with Crippen molar-refractivity contribution in [3.05, 3.63) is 130 Å². The van der Waals surface area contributed by atoms with Gasteiger partial charge in [0.2, 0.25) is 0 Å². The molecule has 0 atom stereocenters. The zero-order chi connectivity index (χ0) is 28.8. The maximum atomic E-state index is 2.45. The molecule has 0 N–H and O–H groups in total. The van der Waals surface area contributed by atoms with Gasteiger partial charge in [-0.3, -0.25) is 0 Å². The van der Waals surface area contributed by atoms with Crippen LogP contribution in [0.5, 0.6) is 0 Å². The first kappa shape index (κ1) is 27.4. The minimum absolute atomic E-state index is 1.28. The standard InChI is InChI=1S/C39H36S2/c1-23-8-13-30(14-9-23)38-34(31-15-10-24(2)18-27(31)5)22-37(41-38)39-35(32-16-11-25(3)19-28(32)6)21-36(40-39)33-17-12-26(4)20-29(33)7/h8-22H,1-7H3. The Morgan fingerprint density at radius 1 is 0.341 bits per heavy atom. The molecule has 0 bridgehead atoms. The second-order valence-corrected chi connectivity index (χ2v) is 13.6. The summed E-state index contributed by atoms with van der Waals surface area (Å²) in [5.74, 6) is 0. The summed E-state index contributed by atoms with van der Waals surface area (Å²) in [6, 6.07) is 34.4. The fraction of sp³-hybridized carbons (Fsp3) is 0.179. The van der Waals surface area contributed by atoms with Crippen LogP contribution in [0.2, 0.25) is 0 Å². The van der Waals surface area contributed by atoms with Gasteiger partial charge < -0.3 is 0 Å². The van der Waals surface area contributed by atoms with Gasteiger partial charge >= 0.3 is 0 Å². The van der Waals surface area contributed by atoms with Crippen LogP contribution in [-0.4, -0.2) is 0 Å². The number of hydrogen-bond donors (Lipinski definition) is 0. The zero-order valence-electron chi connectivity index (χ0n) is 25.0. The highest BCUT2D eigenvalue weighted by molar-refractivity contribution is 7.26. The van der Waals surface area contributed by atoms with E-state index in [-0.39, 0.29) is 0 Å². The summed E-state index contributed by atoms with van der Waals surface area (Å²) in [7, 11) is 0. The molecule has 2 aromatic heterocycles. The third-order valence-electron chi connectivity index (χ3n) is 7.99. The number of thiophene rings is 2. The Morgan fingerprint density at radius 2 is 0.756 bits per heavy atom. The molecule has 0 unspecified atom stereocenters. The number of benzene rings is 4. The number of hydrogen-bond acceptors (Lipinski definition) is 2. The lowest BCUT2D eigenvalue weighted by atomic mass is 9.95. The van der Waals surface area contributed by atoms with E-state index in [0.29, 0.717) is 0 Å². The van der Waals surface area contributed by atoms with E-state index in [4.69, 9.17) is 0 Å². The molecule has 0 nitrogen and oxygen atoms in total. The van der Waals surface area contributed by atoms with E-state index < -0.39 is 0 Å². The van der Waals surface area contributed by atoms with Crippen molar-refractivity contribution in [2.45, 2.75) is 48.5 Å². The topological polar surface area (TPSA) is 0 Å². The molecular formula is C39H36S2. The first-order chi connectivity index (χ1) is 19.7. The monoisotopic (exact) mass is 568 g/mol. The van der Waals surface area contributed by atoms with E-state index in [9.17, 15) is 0 Å². The zero-order valence-corrected chi connectivity index (χ0v) is 26.6. The van der Waals surface area contributed by atoms with E-state index in [2.05, 4.69) is 139 Å². The van der Waals surface area contributed by atoms with E-state index in [1.54, 1.807) is 0 Å². The average Bonchev–Trinajstić information content (AvgIpc) is 3.54. The molecule has 0 fully saturated rings. The molecule has 0 spiro atoms. The fourth-order valence-corrected chi connectivity index (χ4v) is 8.41. The number of aryl methyl sites for hydroxylation is 7. The van der Waals surface area contributed by atoms with Crippen LogP contribution < -0.4 is 0 Å². The van der Waals surface area contributed by atoms with Gasteiger partial charge in [0.1, 0.15) is 0 Å². The smallest absolute Gasteiger partial charge is 0.0528 e. The highest BCUT2D eigenvalue weighted by atomic mass is 32.1. The van der Waals surface area contributed by atoms with Crippen LogP contribution in [0.4, 0.5) is 0 Å². The molecule has 0 saturated carbocycles. The van der Waals surface area contributed by atoms with Gasteiger partial charge in [0.05, 0.1) is 4.88 Å². The molecule has 4 aromatic carbocycles. The van der Waals surface area contributed by atoms with Crippen molar-refractivity contribution >= 4 is 22.7 Å². The highest BCUT2D eigenvalue weighted by Gasteiger charge is 2.22. The summed E-state index contributed by atoms with van der Waals surface area (Å²) in [4.78, 5) is 5.33. The molecule has 0 aliphatic rings. The Labute approximate surface area is 253 Å². The molecule has 41 heavy (non-hydrogen) atoms. The molecule has 2 heteroatoms. The lowest BCUT2D eigenvalue weighted by Gasteiger charge is -2.09. The summed E-state index contributed by atoms with van der Waals surface area (Å²) < 4.78 is 0. The van der Waals surface area contributed by atoms with Gasteiger partial charge in [0.25, 0.3) is 0 Å². The quantitative estimate of drug-likeness (QED) is 0.194. The van der Waals surface area contributed by atoms with Crippen LogP contribution in [0.25, 0.3) is 52.9 Å². The number of rotatable bonds is 5. The third-order valence-corrected chi connectivity index (χ3v) is 10.5. The van der Waals surface area contributed by atoms with Gasteiger partial charge in [-0.2, -0.15) is 0 Å². The van der Waals surface area contributed by atoms with Gasteiger partial charge in [0.15, 0.2) is 0 Å². The van der Waals surface area contributed by atoms with Crippen LogP contribution in [0, 0.1) is 48.5 Å². The SMILES string of the molecule is Cc1ccc(-c2sc(-c3sc(-c4ccc(C)cc4C)cc3-c3ccc(C)cc3C)cc2-c2ccc(C)cc2C)cc1. The van der Waals surface area contributed by atoms with Crippen LogP contribution in [0.3, 0.4) is 0 Å². The Balaban J connectivity index is 1.61. The average molecular weight is 569 g/mol. The van der Waals surface area contributed by atoms with Crippen molar-refractivity contribution in [1.82, 2.24) is 0 Å². The summed E-state index contributed by atoms with van der Waals surface area (Å²) in [5, 5.41) is 0. The van der Waals surface area contributed by atoms with Gasteiger partial charge in [-0.15, -0.1) is 22.7 Å². The summed E-state index contributed by atoms with van der Waals surface area (Å²) in [6.07, 6.45) is 0. The van der Waals surface area contributed by atoms with Gasteiger partial charge in [-0.1, -0.05) is 101 Å². The predicted octanol–water partition coefficient (Wildman–Crippen LogP) is 12.3. The maximum absolute atomic E-state index is 2.45. The molecule has 204 valence electrons. The van der Waals surface area contributed by atoms with Gasteiger partial charge in [0, 0.05) is 25.8 Å². The van der Waals surface area contributed by atoms with E-state index >= 15 is 0 Å². The lowest BCUT2D eigenvalue weighted by molar-refractivity contribution is 1.38. The maximum Gasteiger partial charge on any atom is 0.0528 e. The summed E-state index contributed by atoms with van der Waals surface area (Å²) in [6.45, 7) is 15.4. The van der Waals surface area contributed by atoms with Crippen LogP contribution >= 0.6 is 22.7 Å². The normalized spacial score (nSPS) is 11.3. The van der Waals surface area contributed by atoms with Crippen molar-refractivity contribution in [3.63, 3.8) is 0 Å². The van der Waals surface area contributed by atoms with Crippen LogP contribution in [-0.2, 0) is 0 Å². The first-order valence-corrected chi connectivity index (χ1v) is 15.9. The van der Waals surface area contributed by atoms with Crippen molar-refractivity contribution in [1.29, 1.82) is 0 Å². The molecule has 6 rings (SSSR count). The van der Waals surface area contributed by atoms with Gasteiger partial charge in [-0.25, -0.2) is 0 Å². The second kappa shape index (κ2) is 10.9. The Bertz CT molecular complexity index is 1890. The van der Waals surface area contributed by atoms with Crippen molar-refractivity contribution in [3.8, 4) is 52.9 Å². The minimum Gasteiger partial charge on any atom is -0.134 e. The predicted molar refractivity (Wildman–Crippen MR) is 183 cm³/mol. The lowest BCUT2D eigenvalue weighted by Crippen LogP contribution is -1.86. The van der Waals surface area contributed by atoms with E-state index in [0.717, 1.165) is 0 Å². The molecule has 0 saturated heterocycles. The van der Waals surface area contributed by atoms with Gasteiger partial charge in [-0.05, 0) is 99.5 Å². The first-order valence-electron chi connectivity index (χ1n) is 14.3. The van der Waals surface area contributed by atoms with E-state index in [1.807, 2.05) is 22.7 Å². The molecule has 0 amide bonds. The summed E-state index contributed by atoms with van der Waals surface area (Å²) >= 11 is 3.85. The molecule has 0 aliphatic carbocycles. The largest absolute Gasteiger partial charge is 0.134 e. The third kappa shape index (κ3) is 5.35. The molecule has 2 heterocycles. The summed E-state index contributed by atoms with van der Waals surface area (Å²) in [5.41, 5.74) is 17.0. The molecule has 0 aliphatic heterocycles. The van der Waals surface area contributed by atoms with Crippen molar-refractivity contribution < 1.29 is 0 Å². The second-order valence-electron chi connectivity index (χ2n) is 11.5. The molecule has 6 aromatic rings. The van der Waals surface area contributed by atoms with E-state index in [1.165, 1.54) is 91.8 Å². The highest BCUT2D eigenvalue weighted by Crippen LogP contribution is 2.51. The minimum atomic E-state index is 1.28. The Morgan fingerprint density at radius 3 is 1.27 bits per heavy atom.